The van der Waals surface area contributed by atoms with Gasteiger partial charge in [0, 0.05) is 18.3 Å². The van der Waals surface area contributed by atoms with Gasteiger partial charge in [-0.15, -0.1) is 0 Å². The Hall–Kier alpha value is -3.54. The minimum atomic E-state index is -2.99. The van der Waals surface area contributed by atoms with Crippen LogP contribution in [0.1, 0.15) is 35.3 Å². The van der Waals surface area contributed by atoms with Crippen molar-refractivity contribution in [1.82, 2.24) is 9.61 Å². The molecule has 3 heterocycles. The van der Waals surface area contributed by atoms with Crippen molar-refractivity contribution >= 4 is 22.9 Å². The average molecular weight is 414 g/mol. The lowest BCUT2D eigenvalue weighted by Crippen LogP contribution is -2.26. The highest BCUT2D eigenvalue weighted by Crippen LogP contribution is 2.44. The first kappa shape index (κ1) is 19.8. The molecule has 0 bridgehead atoms. The van der Waals surface area contributed by atoms with Crippen LogP contribution in [0.2, 0.25) is 0 Å². The van der Waals surface area contributed by atoms with E-state index in [1.54, 1.807) is 25.3 Å². The summed E-state index contributed by atoms with van der Waals surface area (Å²) in [5, 5.41) is 4.10. The topological polar surface area (TPSA) is 51.2 Å². The number of hydrogen-bond donors (Lipinski definition) is 0. The fourth-order valence-corrected chi connectivity index (χ4v) is 3.75. The Labute approximate surface area is 170 Å². The zero-order chi connectivity index (χ0) is 21.5. The summed E-state index contributed by atoms with van der Waals surface area (Å²) in [5.41, 5.74) is 1.43. The van der Waals surface area contributed by atoms with Crippen molar-refractivity contribution in [2.24, 2.45) is 0 Å². The maximum absolute atomic E-state index is 14.4. The average Bonchev–Trinajstić information content (AvgIpc) is 3.27. The van der Waals surface area contributed by atoms with Gasteiger partial charge in [0.25, 0.3) is 5.92 Å². The summed E-state index contributed by atoms with van der Waals surface area (Å²) in [6.07, 6.45) is 2.42. The van der Waals surface area contributed by atoms with Crippen LogP contribution in [0, 0.1) is 12.4 Å². The van der Waals surface area contributed by atoms with Crippen molar-refractivity contribution < 1.29 is 22.7 Å². The van der Waals surface area contributed by atoms with Gasteiger partial charge in [0.2, 0.25) is 0 Å². The third kappa shape index (κ3) is 3.56. The molecular weight excluding hydrogens is 397 g/mol. The van der Waals surface area contributed by atoms with Crippen molar-refractivity contribution in [1.29, 1.82) is 0 Å². The normalized spacial score (nSPS) is 17.8. The van der Waals surface area contributed by atoms with E-state index in [-0.39, 0.29) is 17.9 Å². The Morgan fingerprint density at radius 2 is 2.17 bits per heavy atom. The minimum Gasteiger partial charge on any atom is -0.462 e. The van der Waals surface area contributed by atoms with E-state index in [0.717, 1.165) is 6.07 Å². The molecule has 3 aromatic rings. The van der Waals surface area contributed by atoms with Gasteiger partial charge in [-0.05, 0) is 36.8 Å². The van der Waals surface area contributed by atoms with Crippen molar-refractivity contribution in [2.75, 3.05) is 18.1 Å². The van der Waals surface area contributed by atoms with Crippen LogP contribution in [0.25, 0.3) is 10.4 Å². The predicted octanol–water partition coefficient (Wildman–Crippen LogP) is 4.79. The number of fused-ring (bicyclic) bond motifs is 1. The number of nitrogens with zero attached hydrogens (tertiary/aromatic N) is 4. The fourth-order valence-electron chi connectivity index (χ4n) is 3.75. The van der Waals surface area contributed by atoms with Gasteiger partial charge >= 0.3 is 5.97 Å². The molecule has 6 nitrogen and oxygen atoms in total. The summed E-state index contributed by atoms with van der Waals surface area (Å²) in [6.45, 7) is 8.42. The summed E-state index contributed by atoms with van der Waals surface area (Å²) in [6, 6.07) is 6.04. The van der Waals surface area contributed by atoms with Crippen LogP contribution >= 0.6 is 0 Å². The van der Waals surface area contributed by atoms with E-state index < -0.39 is 36.7 Å². The molecule has 1 fully saturated rings. The molecule has 0 N–H and O–H groups in total. The second-order valence-corrected chi connectivity index (χ2v) is 7.05. The Balaban J connectivity index is 1.78. The Morgan fingerprint density at radius 3 is 2.90 bits per heavy atom. The number of carbonyl (C=O) groups is 1. The number of halogens is 3. The lowest BCUT2D eigenvalue weighted by molar-refractivity contribution is 0.0222. The molecule has 2 aromatic heterocycles. The second kappa shape index (κ2) is 7.37. The molecule has 1 aliphatic rings. The second-order valence-electron chi connectivity index (χ2n) is 7.05. The predicted molar refractivity (Wildman–Crippen MR) is 103 cm³/mol. The minimum absolute atomic E-state index is 0.0519. The molecule has 1 aliphatic heterocycles. The SMILES string of the molecule is [C-]#[N+]c1cc(F)cc([C@H]2CC(F)(F)CN2c2ccn3ncc(C(=O)OCC)c3c2)c1. The standard InChI is InChI=1S/C21H17F3N4O2/c1-3-30-20(29)17-11-26-28-5-4-16(9-18(17)28)27-12-21(23,24)10-19(27)13-6-14(22)8-15(7-13)25-2/h4-9,11,19H,3,10,12H2,1H3/t19-/m1/s1. The van der Waals surface area contributed by atoms with Gasteiger partial charge in [0.05, 0.1) is 37.5 Å². The molecule has 0 saturated carbocycles. The van der Waals surface area contributed by atoms with Crippen molar-refractivity contribution in [3.8, 4) is 0 Å². The van der Waals surface area contributed by atoms with E-state index in [2.05, 4.69) is 9.94 Å². The monoisotopic (exact) mass is 414 g/mol. The first-order valence-electron chi connectivity index (χ1n) is 9.28. The molecule has 1 atom stereocenters. The molecule has 30 heavy (non-hydrogen) atoms. The Kier molecular flexibility index (Phi) is 4.86. The van der Waals surface area contributed by atoms with Gasteiger partial charge in [-0.2, -0.15) is 5.10 Å². The van der Waals surface area contributed by atoms with Crippen LogP contribution < -0.4 is 4.90 Å². The van der Waals surface area contributed by atoms with Gasteiger partial charge in [0.1, 0.15) is 11.4 Å². The van der Waals surface area contributed by atoms with Crippen molar-refractivity contribution in [3.05, 3.63) is 71.1 Å². The first-order valence-corrected chi connectivity index (χ1v) is 9.28. The van der Waals surface area contributed by atoms with Crippen LogP contribution in [-0.4, -0.2) is 34.7 Å². The molecule has 0 amide bonds. The number of anilines is 1. The van der Waals surface area contributed by atoms with Gasteiger partial charge < -0.3 is 9.64 Å². The number of aromatic nitrogens is 2. The van der Waals surface area contributed by atoms with E-state index in [9.17, 15) is 18.0 Å². The molecule has 0 spiro atoms. The molecule has 0 aliphatic carbocycles. The summed E-state index contributed by atoms with van der Waals surface area (Å²) in [5.74, 6) is -4.20. The summed E-state index contributed by atoms with van der Waals surface area (Å²) in [7, 11) is 0. The zero-order valence-corrected chi connectivity index (χ0v) is 16.0. The van der Waals surface area contributed by atoms with Crippen LogP contribution in [0.4, 0.5) is 24.5 Å². The van der Waals surface area contributed by atoms with Crippen LogP contribution in [0.3, 0.4) is 0 Å². The summed E-state index contributed by atoms with van der Waals surface area (Å²) < 4.78 is 49.2. The third-order valence-corrected chi connectivity index (χ3v) is 5.02. The van der Waals surface area contributed by atoms with Gasteiger partial charge in [0.15, 0.2) is 5.69 Å². The zero-order valence-electron chi connectivity index (χ0n) is 16.0. The smallest absolute Gasteiger partial charge is 0.341 e. The number of carbonyl (C=O) groups excluding carboxylic acids is 1. The van der Waals surface area contributed by atoms with Crippen LogP contribution in [0.15, 0.2) is 42.7 Å². The lowest BCUT2D eigenvalue weighted by Gasteiger charge is -2.27. The van der Waals surface area contributed by atoms with E-state index in [0.29, 0.717) is 16.8 Å². The molecule has 1 aromatic carbocycles. The van der Waals surface area contributed by atoms with Crippen LogP contribution in [0.5, 0.6) is 0 Å². The molecular formula is C21H17F3N4O2. The molecule has 4 rings (SSSR count). The van der Waals surface area contributed by atoms with Crippen LogP contribution in [-0.2, 0) is 4.74 Å². The Morgan fingerprint density at radius 1 is 1.37 bits per heavy atom. The first-order chi connectivity index (χ1) is 14.3. The lowest BCUT2D eigenvalue weighted by atomic mass is 10.0. The highest BCUT2D eigenvalue weighted by molar-refractivity contribution is 5.97. The van der Waals surface area contributed by atoms with Gasteiger partial charge in [-0.25, -0.2) is 27.3 Å². The number of rotatable bonds is 4. The molecule has 1 saturated heterocycles. The maximum Gasteiger partial charge on any atom is 0.341 e. The highest BCUT2D eigenvalue weighted by atomic mass is 19.3. The van der Waals surface area contributed by atoms with Gasteiger partial charge in [-0.1, -0.05) is 6.07 Å². The molecule has 0 unspecified atom stereocenters. The van der Waals surface area contributed by atoms with E-state index in [1.165, 1.54) is 27.7 Å². The summed E-state index contributed by atoms with van der Waals surface area (Å²) in [4.78, 5) is 16.9. The van der Waals surface area contributed by atoms with E-state index >= 15 is 0 Å². The molecule has 154 valence electrons. The molecule has 0 radical (unpaired) electrons. The number of benzene rings is 1. The largest absolute Gasteiger partial charge is 0.462 e. The van der Waals surface area contributed by atoms with Crippen molar-refractivity contribution in [3.63, 3.8) is 0 Å². The fraction of sp³-hybridized carbons (Fsp3) is 0.286. The maximum atomic E-state index is 14.4. The Bertz CT molecular complexity index is 1170. The number of alkyl halides is 2. The third-order valence-electron chi connectivity index (χ3n) is 5.02. The number of pyridine rings is 1. The number of esters is 1. The molecule has 9 heteroatoms. The van der Waals surface area contributed by atoms with Gasteiger partial charge in [-0.3, -0.25) is 0 Å². The van der Waals surface area contributed by atoms with E-state index in [4.69, 9.17) is 11.3 Å². The van der Waals surface area contributed by atoms with Crippen molar-refractivity contribution in [2.45, 2.75) is 25.3 Å². The van der Waals surface area contributed by atoms with E-state index in [1.807, 2.05) is 0 Å². The quantitative estimate of drug-likeness (QED) is 0.455. The summed E-state index contributed by atoms with van der Waals surface area (Å²) >= 11 is 0. The number of ether oxygens (including phenoxy) is 1. The number of hydrogen-bond acceptors (Lipinski definition) is 4. The highest BCUT2D eigenvalue weighted by Gasteiger charge is 2.46.